The van der Waals surface area contributed by atoms with Crippen molar-refractivity contribution in [3.63, 3.8) is 0 Å². The van der Waals surface area contributed by atoms with Crippen LogP contribution in [-0.4, -0.2) is 22.9 Å². The van der Waals surface area contributed by atoms with Crippen molar-refractivity contribution < 1.29 is 19.1 Å². The molecule has 2 aromatic heterocycles. The minimum absolute atomic E-state index is 0.226. The zero-order chi connectivity index (χ0) is 18.3. The average Bonchev–Trinajstić information content (AvgIpc) is 3.23. The Morgan fingerprint density at radius 3 is 2.81 bits per heavy atom. The molecule has 1 saturated heterocycles. The Bertz CT molecular complexity index is 994. The van der Waals surface area contributed by atoms with E-state index in [1.54, 1.807) is 15.2 Å². The number of benzene rings is 1. The molecule has 4 rings (SSSR count). The van der Waals surface area contributed by atoms with Crippen LogP contribution in [0.4, 0.5) is 0 Å². The van der Waals surface area contributed by atoms with E-state index >= 15 is 0 Å². The fraction of sp³-hybridized carbons (Fsp3) is 0.368. The van der Waals surface area contributed by atoms with Gasteiger partial charge in [-0.1, -0.05) is 41.7 Å². The molecule has 1 atom stereocenters. The Kier molecular flexibility index (Phi) is 4.30. The van der Waals surface area contributed by atoms with Gasteiger partial charge in [-0.05, 0) is 19.4 Å². The zero-order valence-electron chi connectivity index (χ0n) is 14.7. The van der Waals surface area contributed by atoms with E-state index in [1.165, 1.54) is 11.3 Å². The van der Waals surface area contributed by atoms with Crippen molar-refractivity contribution >= 4 is 16.3 Å². The Labute approximate surface area is 154 Å². The van der Waals surface area contributed by atoms with Crippen LogP contribution in [0.25, 0.3) is 4.96 Å². The molecule has 0 saturated carbocycles. The van der Waals surface area contributed by atoms with Crippen molar-refractivity contribution in [3.05, 3.63) is 63.4 Å². The molecule has 1 fully saturated rings. The number of fused-ring (bicyclic) bond motifs is 1. The summed E-state index contributed by atoms with van der Waals surface area (Å²) in [4.78, 5) is 13.4. The van der Waals surface area contributed by atoms with Gasteiger partial charge in [-0.3, -0.25) is 0 Å². The number of hydrogen-bond donors (Lipinski definition) is 0. The number of ether oxygens (including phenoxy) is 2. The van der Waals surface area contributed by atoms with Crippen molar-refractivity contribution in [2.45, 2.75) is 38.7 Å². The Balaban J connectivity index is 1.77. The predicted molar refractivity (Wildman–Crippen MR) is 95.3 cm³/mol. The predicted octanol–water partition coefficient (Wildman–Crippen LogP) is 1.46. The summed E-state index contributed by atoms with van der Waals surface area (Å²) in [5, 5.41) is 14.9. The van der Waals surface area contributed by atoms with Crippen LogP contribution in [-0.2, 0) is 22.4 Å². The molecule has 136 valence electrons. The molecule has 1 unspecified atom stereocenters. The SMILES string of the molecule is CC1(C)OCC(C[n+]2c([O-])c(Cc3ccccc3)c(=O)n3ccsc32)O1. The number of thiazole rings is 1. The second-order valence-electron chi connectivity index (χ2n) is 6.87. The summed E-state index contributed by atoms with van der Waals surface area (Å²) in [5.74, 6) is -0.906. The molecule has 0 N–H and O–H groups in total. The molecular formula is C19H20N2O4S. The highest BCUT2D eigenvalue weighted by Crippen LogP contribution is 2.23. The minimum Gasteiger partial charge on any atom is -0.842 e. The number of hydrogen-bond acceptors (Lipinski definition) is 5. The summed E-state index contributed by atoms with van der Waals surface area (Å²) in [6.45, 7) is 4.48. The standard InChI is InChI=1S/C19H20N2O4S/c1-19(2)24-12-14(25-19)11-21-17(23)15(10-13-6-4-3-5-7-13)16(22)20-8-9-26-18(20)21/h3-9,14H,10-12H2,1-2H3. The number of aromatic nitrogens is 2. The minimum atomic E-state index is -0.651. The monoisotopic (exact) mass is 372 g/mol. The van der Waals surface area contributed by atoms with E-state index in [4.69, 9.17) is 9.47 Å². The third kappa shape index (κ3) is 3.13. The molecular weight excluding hydrogens is 352 g/mol. The molecule has 0 amide bonds. The first kappa shape index (κ1) is 17.2. The van der Waals surface area contributed by atoms with Gasteiger partial charge < -0.3 is 14.6 Å². The van der Waals surface area contributed by atoms with Crippen LogP contribution < -0.4 is 15.2 Å². The lowest BCUT2D eigenvalue weighted by molar-refractivity contribution is -0.720. The maximum atomic E-state index is 13.1. The fourth-order valence-corrected chi connectivity index (χ4v) is 4.12. The topological polar surface area (TPSA) is 66.9 Å². The van der Waals surface area contributed by atoms with Gasteiger partial charge in [-0.2, -0.15) is 4.40 Å². The summed E-state index contributed by atoms with van der Waals surface area (Å²) in [5.41, 5.74) is 0.950. The molecule has 26 heavy (non-hydrogen) atoms. The van der Waals surface area contributed by atoms with E-state index < -0.39 is 5.79 Å². The highest BCUT2D eigenvalue weighted by molar-refractivity contribution is 7.14. The van der Waals surface area contributed by atoms with Gasteiger partial charge in [0.2, 0.25) is 0 Å². The molecule has 3 heterocycles. The van der Waals surface area contributed by atoms with Gasteiger partial charge in [-0.15, -0.1) is 0 Å². The van der Waals surface area contributed by atoms with Crippen molar-refractivity contribution in [2.75, 3.05) is 6.61 Å². The molecule has 0 aliphatic carbocycles. The highest BCUT2D eigenvalue weighted by atomic mass is 32.1. The normalized spacial score (nSPS) is 19.2. The summed E-state index contributed by atoms with van der Waals surface area (Å²) in [7, 11) is 0. The summed E-state index contributed by atoms with van der Waals surface area (Å²) in [6.07, 6.45) is 1.80. The van der Waals surface area contributed by atoms with Gasteiger partial charge in [0.25, 0.3) is 0 Å². The lowest BCUT2D eigenvalue weighted by Crippen LogP contribution is -2.48. The van der Waals surface area contributed by atoms with Crippen LogP contribution in [0.2, 0.25) is 0 Å². The molecule has 1 aromatic carbocycles. The van der Waals surface area contributed by atoms with Crippen LogP contribution in [0.5, 0.6) is 5.88 Å². The van der Waals surface area contributed by atoms with Gasteiger partial charge in [-0.25, -0.2) is 9.36 Å². The highest BCUT2D eigenvalue weighted by Gasteiger charge is 2.35. The Hall–Kier alpha value is -2.22. The Morgan fingerprint density at radius 1 is 1.35 bits per heavy atom. The largest absolute Gasteiger partial charge is 0.842 e. The maximum Gasteiger partial charge on any atom is 0.348 e. The van der Waals surface area contributed by atoms with Gasteiger partial charge in [0.05, 0.1) is 18.1 Å². The van der Waals surface area contributed by atoms with Gasteiger partial charge in [0.15, 0.2) is 5.79 Å². The lowest BCUT2D eigenvalue weighted by atomic mass is 10.1. The molecule has 0 spiro atoms. The van der Waals surface area contributed by atoms with E-state index in [0.717, 1.165) is 5.56 Å². The third-order valence-corrected chi connectivity index (χ3v) is 5.36. The van der Waals surface area contributed by atoms with Crippen LogP contribution in [0.15, 0.2) is 46.7 Å². The van der Waals surface area contributed by atoms with E-state index in [9.17, 15) is 9.90 Å². The fourth-order valence-electron chi connectivity index (χ4n) is 3.28. The molecule has 0 bridgehead atoms. The van der Waals surface area contributed by atoms with Gasteiger partial charge in [0, 0.05) is 11.8 Å². The van der Waals surface area contributed by atoms with Crippen molar-refractivity contribution in [2.24, 2.45) is 0 Å². The van der Waals surface area contributed by atoms with Crippen LogP contribution >= 0.6 is 11.3 Å². The van der Waals surface area contributed by atoms with Crippen LogP contribution in [0.1, 0.15) is 25.0 Å². The number of rotatable bonds is 4. The molecule has 6 nitrogen and oxygen atoms in total. The van der Waals surface area contributed by atoms with Gasteiger partial charge in [0.1, 0.15) is 18.8 Å². The second kappa shape index (κ2) is 6.50. The van der Waals surface area contributed by atoms with E-state index in [-0.39, 0.29) is 23.1 Å². The van der Waals surface area contributed by atoms with E-state index in [2.05, 4.69) is 0 Å². The number of nitrogens with zero attached hydrogens (tertiary/aromatic N) is 2. The summed E-state index contributed by atoms with van der Waals surface area (Å²) >= 11 is 1.37. The summed E-state index contributed by atoms with van der Waals surface area (Å²) in [6, 6.07) is 9.56. The quantitative estimate of drug-likeness (QED) is 0.651. The first-order chi connectivity index (χ1) is 12.4. The molecule has 1 aliphatic heterocycles. The molecule has 7 heteroatoms. The first-order valence-electron chi connectivity index (χ1n) is 8.52. The van der Waals surface area contributed by atoms with Crippen LogP contribution in [0, 0.1) is 0 Å². The Morgan fingerprint density at radius 2 is 2.12 bits per heavy atom. The summed E-state index contributed by atoms with van der Waals surface area (Å²) < 4.78 is 14.6. The smallest absolute Gasteiger partial charge is 0.348 e. The molecule has 3 aromatic rings. The van der Waals surface area contributed by atoms with Crippen molar-refractivity contribution in [1.82, 2.24) is 4.40 Å². The zero-order valence-corrected chi connectivity index (χ0v) is 15.5. The second-order valence-corrected chi connectivity index (χ2v) is 7.74. The van der Waals surface area contributed by atoms with E-state index in [0.29, 0.717) is 24.5 Å². The molecule has 0 radical (unpaired) electrons. The third-order valence-electron chi connectivity index (χ3n) is 4.48. The van der Waals surface area contributed by atoms with Crippen molar-refractivity contribution in [3.8, 4) is 5.88 Å². The van der Waals surface area contributed by atoms with Crippen molar-refractivity contribution in [1.29, 1.82) is 0 Å². The van der Waals surface area contributed by atoms with E-state index in [1.807, 2.05) is 49.6 Å². The molecule has 1 aliphatic rings. The van der Waals surface area contributed by atoms with Gasteiger partial charge >= 0.3 is 10.5 Å². The average molecular weight is 372 g/mol. The first-order valence-corrected chi connectivity index (χ1v) is 9.40. The van der Waals surface area contributed by atoms with Crippen LogP contribution in [0.3, 0.4) is 0 Å². The lowest BCUT2D eigenvalue weighted by Gasteiger charge is -2.19. The maximum absolute atomic E-state index is 13.1.